The van der Waals surface area contributed by atoms with Crippen molar-refractivity contribution in [2.75, 3.05) is 6.54 Å². The number of carbonyl (C=O) groups excluding carboxylic acids is 2. The average Bonchev–Trinajstić information content (AvgIpc) is 2.91. The van der Waals surface area contributed by atoms with E-state index in [4.69, 9.17) is 5.73 Å². The molecule has 1 aliphatic heterocycles. The molecule has 0 aromatic heterocycles. The summed E-state index contributed by atoms with van der Waals surface area (Å²) in [4.78, 5) is 22.8. The van der Waals surface area contributed by atoms with Crippen LogP contribution in [0.2, 0.25) is 0 Å². The smallest absolute Gasteiger partial charge is 0.223 e. The Labute approximate surface area is 95.1 Å². The quantitative estimate of drug-likeness (QED) is 0.590. The second kappa shape index (κ2) is 4.82. The van der Waals surface area contributed by atoms with Crippen LogP contribution in [0.5, 0.6) is 0 Å². The van der Waals surface area contributed by atoms with E-state index in [0.29, 0.717) is 18.9 Å². The molecule has 1 aliphatic carbocycles. The first-order valence-corrected chi connectivity index (χ1v) is 5.98. The predicted molar refractivity (Wildman–Crippen MR) is 59.5 cm³/mol. The molecule has 1 saturated heterocycles. The van der Waals surface area contributed by atoms with Crippen molar-refractivity contribution in [1.82, 2.24) is 10.6 Å². The maximum Gasteiger partial charge on any atom is 0.223 e. The fourth-order valence-corrected chi connectivity index (χ4v) is 2.07. The molecule has 0 aromatic rings. The summed E-state index contributed by atoms with van der Waals surface area (Å²) in [5, 5.41) is 5.68. The van der Waals surface area contributed by atoms with Gasteiger partial charge in [0.05, 0.1) is 0 Å². The normalized spacial score (nSPS) is 26.3. The third-order valence-electron chi connectivity index (χ3n) is 3.14. The Bertz CT molecular complexity index is 289. The first-order valence-electron chi connectivity index (χ1n) is 5.98. The summed E-state index contributed by atoms with van der Waals surface area (Å²) in [6, 6.07) is 0.182. The van der Waals surface area contributed by atoms with Gasteiger partial charge in [-0.2, -0.15) is 0 Å². The van der Waals surface area contributed by atoms with E-state index in [1.54, 1.807) is 0 Å². The summed E-state index contributed by atoms with van der Waals surface area (Å²) in [6.45, 7) is 0.741. The van der Waals surface area contributed by atoms with Crippen LogP contribution in [-0.2, 0) is 9.59 Å². The van der Waals surface area contributed by atoms with Crippen LogP contribution in [-0.4, -0.2) is 30.4 Å². The second-order valence-electron chi connectivity index (χ2n) is 4.82. The molecule has 0 unspecified atom stereocenters. The van der Waals surface area contributed by atoms with Gasteiger partial charge in [-0.05, 0) is 25.7 Å². The van der Waals surface area contributed by atoms with Gasteiger partial charge in [-0.25, -0.2) is 0 Å². The molecule has 2 amide bonds. The van der Waals surface area contributed by atoms with Crippen molar-refractivity contribution in [1.29, 1.82) is 0 Å². The van der Waals surface area contributed by atoms with Crippen molar-refractivity contribution in [3.63, 3.8) is 0 Å². The Kier molecular flexibility index (Phi) is 3.43. The molecular formula is C11H19N3O2. The van der Waals surface area contributed by atoms with E-state index in [1.807, 2.05) is 0 Å². The molecule has 0 aromatic carbocycles. The van der Waals surface area contributed by atoms with Crippen LogP contribution < -0.4 is 16.4 Å². The minimum atomic E-state index is -0.201. The molecule has 16 heavy (non-hydrogen) atoms. The van der Waals surface area contributed by atoms with Crippen molar-refractivity contribution < 1.29 is 9.59 Å². The van der Waals surface area contributed by atoms with Crippen LogP contribution >= 0.6 is 0 Å². The molecule has 1 heterocycles. The number of hydrogen-bond donors (Lipinski definition) is 3. The summed E-state index contributed by atoms with van der Waals surface area (Å²) < 4.78 is 0. The summed E-state index contributed by atoms with van der Waals surface area (Å²) in [5.41, 5.74) is 5.87. The van der Waals surface area contributed by atoms with E-state index in [1.165, 1.54) is 0 Å². The Morgan fingerprint density at radius 1 is 1.50 bits per heavy atom. The highest BCUT2D eigenvalue weighted by atomic mass is 16.2. The lowest BCUT2D eigenvalue weighted by atomic mass is 9.97. The fraction of sp³-hybridized carbons (Fsp3) is 0.818. The molecule has 2 fully saturated rings. The second-order valence-corrected chi connectivity index (χ2v) is 4.82. The van der Waals surface area contributed by atoms with E-state index in [9.17, 15) is 9.59 Å². The Balaban J connectivity index is 1.68. The van der Waals surface area contributed by atoms with Crippen LogP contribution in [0, 0.1) is 5.92 Å². The molecule has 0 radical (unpaired) electrons. The van der Waals surface area contributed by atoms with Gasteiger partial charge in [-0.1, -0.05) is 0 Å². The molecule has 0 bridgehead atoms. The van der Waals surface area contributed by atoms with E-state index in [0.717, 1.165) is 25.8 Å². The highest BCUT2D eigenvalue weighted by Gasteiger charge is 2.28. The first-order chi connectivity index (χ1) is 7.65. The topological polar surface area (TPSA) is 84.2 Å². The van der Waals surface area contributed by atoms with Crippen LogP contribution in [0.25, 0.3) is 0 Å². The average molecular weight is 225 g/mol. The highest BCUT2D eigenvalue weighted by molar-refractivity contribution is 5.81. The molecule has 90 valence electrons. The first kappa shape index (κ1) is 11.4. The Hall–Kier alpha value is -1.10. The molecule has 0 spiro atoms. The third kappa shape index (κ3) is 3.20. The van der Waals surface area contributed by atoms with Gasteiger partial charge in [0.25, 0.3) is 0 Å². The van der Waals surface area contributed by atoms with Gasteiger partial charge >= 0.3 is 0 Å². The van der Waals surface area contributed by atoms with Gasteiger partial charge in [0.2, 0.25) is 11.8 Å². The summed E-state index contributed by atoms with van der Waals surface area (Å²) in [7, 11) is 0. The van der Waals surface area contributed by atoms with Gasteiger partial charge < -0.3 is 16.4 Å². The van der Waals surface area contributed by atoms with Crippen LogP contribution in [0.4, 0.5) is 0 Å². The largest absolute Gasteiger partial charge is 0.356 e. The van der Waals surface area contributed by atoms with Crippen molar-refractivity contribution in [3.8, 4) is 0 Å². The zero-order valence-electron chi connectivity index (χ0n) is 9.37. The van der Waals surface area contributed by atoms with Gasteiger partial charge in [0.15, 0.2) is 0 Å². The van der Waals surface area contributed by atoms with Gasteiger partial charge in [0.1, 0.15) is 0 Å². The molecule has 2 atom stereocenters. The summed E-state index contributed by atoms with van der Waals surface area (Å²) in [6.07, 6.45) is 3.97. The van der Waals surface area contributed by atoms with Gasteiger partial charge in [0, 0.05) is 31.0 Å². The van der Waals surface area contributed by atoms with Gasteiger partial charge in [-0.15, -0.1) is 0 Å². The van der Waals surface area contributed by atoms with E-state index in [-0.39, 0.29) is 23.8 Å². The Morgan fingerprint density at radius 3 is 2.81 bits per heavy atom. The van der Waals surface area contributed by atoms with Crippen molar-refractivity contribution in [3.05, 3.63) is 0 Å². The lowest BCUT2D eigenvalue weighted by Crippen LogP contribution is -2.35. The van der Waals surface area contributed by atoms with Crippen LogP contribution in [0.1, 0.15) is 32.1 Å². The Morgan fingerprint density at radius 2 is 2.25 bits per heavy atom. The number of carbonyl (C=O) groups is 2. The van der Waals surface area contributed by atoms with E-state index < -0.39 is 0 Å². The standard InChI is InChI=1S/C11H19N3O2/c12-8(5-7-3-4-13-11(7)16)6-10(15)14-9-1-2-9/h7-9H,1-6,12H2,(H,13,16)(H,14,15)/t7-,8-/m0/s1. The lowest BCUT2D eigenvalue weighted by molar-refractivity contribution is -0.124. The number of amides is 2. The van der Waals surface area contributed by atoms with E-state index >= 15 is 0 Å². The van der Waals surface area contributed by atoms with Crippen LogP contribution in [0.3, 0.4) is 0 Å². The molecule has 1 saturated carbocycles. The van der Waals surface area contributed by atoms with Crippen LogP contribution in [0.15, 0.2) is 0 Å². The minimum Gasteiger partial charge on any atom is -0.356 e. The fourth-order valence-electron chi connectivity index (χ4n) is 2.07. The molecule has 5 nitrogen and oxygen atoms in total. The summed E-state index contributed by atoms with van der Waals surface area (Å²) >= 11 is 0. The minimum absolute atomic E-state index is 0.00345. The predicted octanol–water partition coefficient (Wildman–Crippen LogP) is -0.491. The zero-order chi connectivity index (χ0) is 11.5. The van der Waals surface area contributed by atoms with Gasteiger partial charge in [-0.3, -0.25) is 9.59 Å². The molecule has 2 rings (SSSR count). The number of hydrogen-bond acceptors (Lipinski definition) is 3. The number of nitrogens with two attached hydrogens (primary N) is 1. The third-order valence-corrected chi connectivity index (χ3v) is 3.14. The van der Waals surface area contributed by atoms with Crippen molar-refractivity contribution >= 4 is 11.8 Å². The molecule has 4 N–H and O–H groups in total. The maximum absolute atomic E-state index is 11.5. The maximum atomic E-state index is 11.5. The van der Waals surface area contributed by atoms with Crippen molar-refractivity contribution in [2.45, 2.75) is 44.2 Å². The monoisotopic (exact) mass is 225 g/mol. The number of nitrogens with one attached hydrogen (secondary N) is 2. The molecule has 2 aliphatic rings. The number of rotatable bonds is 5. The zero-order valence-corrected chi connectivity index (χ0v) is 9.37. The SMILES string of the molecule is N[C@H](CC(=O)NC1CC1)C[C@@H]1CCNC1=O. The highest BCUT2D eigenvalue weighted by Crippen LogP contribution is 2.20. The lowest BCUT2D eigenvalue weighted by Gasteiger charge is -2.14. The van der Waals surface area contributed by atoms with Crippen molar-refractivity contribution in [2.24, 2.45) is 11.7 Å². The molecule has 5 heteroatoms. The van der Waals surface area contributed by atoms with E-state index in [2.05, 4.69) is 10.6 Å². The molecular weight excluding hydrogens is 206 g/mol. The summed E-state index contributed by atoms with van der Waals surface area (Å²) in [5.74, 6) is 0.107.